The van der Waals surface area contributed by atoms with Crippen molar-refractivity contribution < 1.29 is 9.32 Å². The molecule has 1 aliphatic rings. The van der Waals surface area contributed by atoms with Crippen molar-refractivity contribution in [2.75, 3.05) is 19.6 Å². The monoisotopic (exact) mass is 366 g/mol. The fourth-order valence-electron chi connectivity index (χ4n) is 3.41. The highest BCUT2D eigenvalue weighted by molar-refractivity contribution is 6.06. The molecule has 0 saturated carbocycles. The lowest BCUT2D eigenvalue weighted by molar-refractivity contribution is 0.0694. The fraction of sp³-hybridized carbons (Fsp3) is 0.611. The number of nitrogens with one attached hydrogen (secondary N) is 1. The summed E-state index contributed by atoms with van der Waals surface area (Å²) in [5.74, 6) is 0.237. The lowest BCUT2D eigenvalue weighted by atomic mass is 10.0. The Balaban J connectivity index is 0.00000225. The molecular weight excluding hydrogens is 340 g/mol. The summed E-state index contributed by atoms with van der Waals surface area (Å²) in [4.78, 5) is 19.8. The van der Waals surface area contributed by atoms with E-state index >= 15 is 0 Å². The first kappa shape index (κ1) is 19.7. The van der Waals surface area contributed by atoms with Gasteiger partial charge in [-0.05, 0) is 38.3 Å². The minimum atomic E-state index is 0. The van der Waals surface area contributed by atoms with Crippen LogP contribution in [0.25, 0.3) is 11.1 Å². The Morgan fingerprint density at radius 2 is 2.24 bits per heavy atom. The Hall–Kier alpha value is -1.66. The number of halogens is 1. The van der Waals surface area contributed by atoms with Crippen LogP contribution in [0.5, 0.6) is 0 Å². The number of carbonyl (C=O) groups is 1. The van der Waals surface area contributed by atoms with Crippen LogP contribution in [-0.4, -0.2) is 46.6 Å². The molecule has 3 heterocycles. The van der Waals surface area contributed by atoms with Crippen LogP contribution < -0.4 is 5.32 Å². The molecule has 3 rings (SSSR count). The van der Waals surface area contributed by atoms with Crippen molar-refractivity contribution in [2.24, 2.45) is 0 Å². The van der Waals surface area contributed by atoms with E-state index in [1.807, 2.05) is 17.9 Å². The van der Waals surface area contributed by atoms with Crippen LogP contribution >= 0.6 is 12.4 Å². The Bertz CT molecular complexity index is 738. The standard InChI is InChI=1S/C18H26N4O2.ClH/c1-5-8-22(13-6-7-19-10-13)18(23)14-9-12(4)20-17-15(14)16(11(2)3)21-24-17;/h9,11,13,19H,5-8,10H2,1-4H3;1H. The van der Waals surface area contributed by atoms with Gasteiger partial charge in [0, 0.05) is 24.8 Å². The van der Waals surface area contributed by atoms with E-state index in [2.05, 4.69) is 36.2 Å². The minimum absolute atomic E-state index is 0. The summed E-state index contributed by atoms with van der Waals surface area (Å²) in [6.45, 7) is 10.7. The van der Waals surface area contributed by atoms with Gasteiger partial charge in [0.2, 0.25) is 0 Å². The number of carbonyl (C=O) groups excluding carboxylic acids is 1. The summed E-state index contributed by atoms with van der Waals surface area (Å²) in [5, 5.41) is 8.29. The van der Waals surface area contributed by atoms with E-state index in [4.69, 9.17) is 4.52 Å². The number of amides is 1. The van der Waals surface area contributed by atoms with Gasteiger partial charge in [0.05, 0.1) is 16.6 Å². The van der Waals surface area contributed by atoms with Crippen LogP contribution in [0.2, 0.25) is 0 Å². The van der Waals surface area contributed by atoms with E-state index in [1.165, 1.54) is 0 Å². The summed E-state index contributed by atoms with van der Waals surface area (Å²) >= 11 is 0. The quantitative estimate of drug-likeness (QED) is 0.879. The zero-order valence-corrected chi connectivity index (χ0v) is 16.2. The van der Waals surface area contributed by atoms with Crippen molar-refractivity contribution >= 4 is 29.4 Å². The summed E-state index contributed by atoms with van der Waals surface area (Å²) in [5.41, 5.74) is 2.71. The third-order valence-electron chi connectivity index (χ3n) is 4.58. The zero-order chi connectivity index (χ0) is 17.3. The van der Waals surface area contributed by atoms with Crippen LogP contribution in [0.3, 0.4) is 0 Å². The van der Waals surface area contributed by atoms with E-state index in [0.29, 0.717) is 11.3 Å². The topological polar surface area (TPSA) is 71.3 Å². The third kappa shape index (κ3) is 3.80. The van der Waals surface area contributed by atoms with E-state index in [-0.39, 0.29) is 30.3 Å². The second-order valence-electron chi connectivity index (χ2n) is 6.86. The van der Waals surface area contributed by atoms with Gasteiger partial charge in [-0.1, -0.05) is 25.9 Å². The molecule has 1 unspecified atom stereocenters. The van der Waals surface area contributed by atoms with Crippen LogP contribution in [0, 0.1) is 6.92 Å². The number of aromatic nitrogens is 2. The average Bonchev–Trinajstić information content (AvgIpc) is 3.20. The highest BCUT2D eigenvalue weighted by Gasteiger charge is 2.30. The third-order valence-corrected chi connectivity index (χ3v) is 4.58. The summed E-state index contributed by atoms with van der Waals surface area (Å²) < 4.78 is 5.40. The molecule has 2 aromatic rings. The maximum absolute atomic E-state index is 13.4. The number of fused-ring (bicyclic) bond motifs is 1. The molecule has 6 nitrogen and oxygen atoms in total. The van der Waals surface area contributed by atoms with Gasteiger partial charge in [-0.25, -0.2) is 4.98 Å². The first-order valence-corrected chi connectivity index (χ1v) is 8.81. The average molecular weight is 367 g/mol. The number of aryl methyl sites for hydroxylation is 1. The number of pyridine rings is 1. The van der Waals surface area contributed by atoms with Crippen molar-refractivity contribution in [1.82, 2.24) is 20.4 Å². The molecule has 138 valence electrons. The normalized spacial score (nSPS) is 17.1. The summed E-state index contributed by atoms with van der Waals surface area (Å²) in [7, 11) is 0. The van der Waals surface area contributed by atoms with Crippen LogP contribution in [-0.2, 0) is 0 Å². The van der Waals surface area contributed by atoms with Crippen molar-refractivity contribution in [3.63, 3.8) is 0 Å². The van der Waals surface area contributed by atoms with Crippen LogP contribution in [0.1, 0.15) is 61.3 Å². The molecule has 1 aliphatic heterocycles. The van der Waals surface area contributed by atoms with Crippen LogP contribution in [0.15, 0.2) is 10.6 Å². The maximum Gasteiger partial charge on any atom is 0.259 e. The molecule has 0 aliphatic carbocycles. The second-order valence-corrected chi connectivity index (χ2v) is 6.86. The van der Waals surface area contributed by atoms with Crippen molar-refractivity contribution in [2.45, 2.75) is 52.5 Å². The lowest BCUT2D eigenvalue weighted by Crippen LogP contribution is -2.42. The van der Waals surface area contributed by atoms with Gasteiger partial charge in [-0.15, -0.1) is 12.4 Å². The molecule has 7 heteroatoms. The first-order chi connectivity index (χ1) is 11.5. The fourth-order valence-corrected chi connectivity index (χ4v) is 3.41. The Morgan fingerprint density at radius 1 is 1.48 bits per heavy atom. The number of hydrogen-bond acceptors (Lipinski definition) is 5. The minimum Gasteiger partial charge on any atom is -0.335 e. The van der Waals surface area contributed by atoms with Crippen molar-refractivity contribution in [3.05, 3.63) is 23.0 Å². The number of hydrogen-bond donors (Lipinski definition) is 1. The molecule has 0 bridgehead atoms. The highest BCUT2D eigenvalue weighted by Crippen LogP contribution is 2.29. The van der Waals surface area contributed by atoms with Gasteiger partial charge in [0.25, 0.3) is 11.6 Å². The molecule has 1 saturated heterocycles. The maximum atomic E-state index is 13.4. The van der Waals surface area contributed by atoms with E-state index in [0.717, 1.165) is 49.2 Å². The highest BCUT2D eigenvalue weighted by atomic mass is 35.5. The van der Waals surface area contributed by atoms with Gasteiger partial charge < -0.3 is 14.7 Å². The van der Waals surface area contributed by atoms with Gasteiger partial charge in [-0.3, -0.25) is 4.79 Å². The Kier molecular flexibility index (Phi) is 6.41. The molecule has 1 N–H and O–H groups in total. The molecular formula is C18H27ClN4O2. The predicted molar refractivity (Wildman–Crippen MR) is 100 cm³/mol. The summed E-state index contributed by atoms with van der Waals surface area (Å²) in [6.07, 6.45) is 1.94. The molecule has 0 spiro atoms. The van der Waals surface area contributed by atoms with E-state index in [1.54, 1.807) is 0 Å². The van der Waals surface area contributed by atoms with Gasteiger partial charge in [0.1, 0.15) is 0 Å². The largest absolute Gasteiger partial charge is 0.335 e. The molecule has 0 radical (unpaired) electrons. The SMILES string of the molecule is CCCN(C(=O)c1cc(C)nc2onc(C(C)C)c12)C1CCNC1.Cl. The van der Waals surface area contributed by atoms with Gasteiger partial charge in [-0.2, -0.15) is 0 Å². The van der Waals surface area contributed by atoms with E-state index < -0.39 is 0 Å². The predicted octanol–water partition coefficient (Wildman–Crippen LogP) is 3.29. The first-order valence-electron chi connectivity index (χ1n) is 8.81. The lowest BCUT2D eigenvalue weighted by Gasteiger charge is -2.28. The Labute approximate surface area is 154 Å². The molecule has 1 fully saturated rings. The molecule has 1 amide bonds. The summed E-state index contributed by atoms with van der Waals surface area (Å²) in [6, 6.07) is 2.13. The molecule has 25 heavy (non-hydrogen) atoms. The van der Waals surface area contributed by atoms with E-state index in [9.17, 15) is 4.79 Å². The van der Waals surface area contributed by atoms with Crippen molar-refractivity contribution in [1.29, 1.82) is 0 Å². The van der Waals surface area contributed by atoms with Crippen LogP contribution in [0.4, 0.5) is 0 Å². The van der Waals surface area contributed by atoms with Crippen molar-refractivity contribution in [3.8, 4) is 0 Å². The van der Waals surface area contributed by atoms with Gasteiger partial charge in [0.15, 0.2) is 0 Å². The smallest absolute Gasteiger partial charge is 0.259 e. The Morgan fingerprint density at radius 3 is 2.84 bits per heavy atom. The number of rotatable bonds is 5. The van der Waals surface area contributed by atoms with Gasteiger partial charge >= 0.3 is 0 Å². The molecule has 2 aromatic heterocycles. The zero-order valence-electron chi connectivity index (χ0n) is 15.3. The molecule has 0 aromatic carbocycles. The second kappa shape index (κ2) is 8.15. The number of nitrogens with zero attached hydrogens (tertiary/aromatic N) is 3. The molecule has 1 atom stereocenters.